The third kappa shape index (κ3) is 3.92. The second kappa shape index (κ2) is 6.52. The van der Waals surface area contributed by atoms with Crippen molar-refractivity contribution in [2.24, 2.45) is 0 Å². The maximum atomic E-state index is 13.5. The number of nitrogen functional groups attached to an aromatic ring is 1. The van der Waals surface area contributed by atoms with Crippen molar-refractivity contribution in [2.45, 2.75) is 31.8 Å². The zero-order valence-electron chi connectivity index (χ0n) is 10.8. The normalized spacial score (nSPS) is 19.1. The van der Waals surface area contributed by atoms with Crippen LogP contribution < -0.4 is 11.1 Å². The molecule has 1 heterocycles. The van der Waals surface area contributed by atoms with Crippen molar-refractivity contribution in [2.75, 3.05) is 18.9 Å². The number of ether oxygens (including phenoxy) is 1. The van der Waals surface area contributed by atoms with Gasteiger partial charge in [0.1, 0.15) is 5.82 Å². The summed E-state index contributed by atoms with van der Waals surface area (Å²) in [5.74, 6) is -1.00. The van der Waals surface area contributed by atoms with E-state index in [1.54, 1.807) is 0 Å². The van der Waals surface area contributed by atoms with Gasteiger partial charge in [0.05, 0.1) is 11.7 Å². The van der Waals surface area contributed by atoms with E-state index in [1.807, 2.05) is 0 Å². The zero-order chi connectivity index (χ0) is 13.7. The van der Waals surface area contributed by atoms with E-state index in [1.165, 1.54) is 18.6 Å². The Morgan fingerprint density at radius 1 is 1.47 bits per heavy atom. The molecule has 1 fully saturated rings. The summed E-state index contributed by atoms with van der Waals surface area (Å²) < 4.78 is 19.1. The molecule has 3 N–H and O–H groups in total. The molecule has 1 aliphatic heterocycles. The van der Waals surface area contributed by atoms with Gasteiger partial charge in [-0.3, -0.25) is 4.79 Å². The number of carbonyl (C=O) groups excluding carboxylic acids is 1. The minimum Gasteiger partial charge on any atom is -0.399 e. The molecule has 1 aromatic carbocycles. The molecule has 104 valence electrons. The molecule has 0 aromatic heterocycles. The van der Waals surface area contributed by atoms with Crippen LogP contribution in [0.25, 0.3) is 0 Å². The summed E-state index contributed by atoms with van der Waals surface area (Å²) in [5, 5.41) is 2.71. The molecule has 0 spiro atoms. The molecule has 1 aromatic rings. The second-order valence-corrected chi connectivity index (χ2v) is 4.77. The Morgan fingerprint density at radius 3 is 3.00 bits per heavy atom. The van der Waals surface area contributed by atoms with Crippen LogP contribution in [0, 0.1) is 5.82 Å². The maximum absolute atomic E-state index is 13.5. The van der Waals surface area contributed by atoms with Gasteiger partial charge in [-0.2, -0.15) is 0 Å². The molecule has 1 atom stereocenters. The summed E-state index contributed by atoms with van der Waals surface area (Å²) in [5.41, 5.74) is 5.77. The molecule has 0 bridgehead atoms. The molecule has 19 heavy (non-hydrogen) atoms. The van der Waals surface area contributed by atoms with Crippen molar-refractivity contribution in [1.29, 1.82) is 0 Å². The largest absolute Gasteiger partial charge is 0.399 e. The first kappa shape index (κ1) is 13.8. The number of carbonyl (C=O) groups is 1. The number of nitrogens with two attached hydrogens (primary N) is 1. The number of nitrogens with one attached hydrogen (secondary N) is 1. The number of benzene rings is 1. The topological polar surface area (TPSA) is 64.4 Å². The average molecular weight is 266 g/mol. The fraction of sp³-hybridized carbons (Fsp3) is 0.500. The minimum atomic E-state index is -0.591. The molecule has 0 radical (unpaired) electrons. The first-order valence-electron chi connectivity index (χ1n) is 6.61. The fourth-order valence-corrected chi connectivity index (χ4v) is 2.19. The molecule has 5 heteroatoms. The van der Waals surface area contributed by atoms with Crippen molar-refractivity contribution < 1.29 is 13.9 Å². The van der Waals surface area contributed by atoms with E-state index in [2.05, 4.69) is 5.32 Å². The summed E-state index contributed by atoms with van der Waals surface area (Å²) in [7, 11) is 0. The van der Waals surface area contributed by atoms with Gasteiger partial charge >= 0.3 is 0 Å². The van der Waals surface area contributed by atoms with Gasteiger partial charge in [-0.05, 0) is 43.9 Å². The van der Waals surface area contributed by atoms with Crippen LogP contribution in [0.1, 0.15) is 36.0 Å². The molecule has 0 aliphatic carbocycles. The molecule has 4 nitrogen and oxygen atoms in total. The van der Waals surface area contributed by atoms with E-state index >= 15 is 0 Å². The average Bonchev–Trinajstić information content (AvgIpc) is 2.39. The Kier molecular flexibility index (Phi) is 4.74. The molecule has 2 rings (SSSR count). The lowest BCUT2D eigenvalue weighted by molar-refractivity contribution is 0.0117. The lowest BCUT2D eigenvalue weighted by atomic mass is 10.1. The highest BCUT2D eigenvalue weighted by atomic mass is 19.1. The molecule has 0 saturated carbocycles. The number of hydrogen-bond donors (Lipinski definition) is 2. The van der Waals surface area contributed by atoms with Crippen LogP contribution in [0.15, 0.2) is 18.2 Å². The highest BCUT2D eigenvalue weighted by Gasteiger charge is 2.15. The first-order valence-corrected chi connectivity index (χ1v) is 6.61. The highest BCUT2D eigenvalue weighted by molar-refractivity contribution is 5.94. The molecule has 1 aliphatic rings. The number of anilines is 1. The van der Waals surface area contributed by atoms with Crippen LogP contribution >= 0.6 is 0 Å². The SMILES string of the molecule is Nc1ccc(C(=O)NCCC2CCCCO2)c(F)c1. The van der Waals surface area contributed by atoms with Gasteiger partial charge in [-0.15, -0.1) is 0 Å². The minimum absolute atomic E-state index is 0.0266. The Bertz CT molecular complexity index is 445. The molecular formula is C14H19FN2O2. The van der Waals surface area contributed by atoms with E-state index in [0.29, 0.717) is 12.2 Å². The standard InChI is InChI=1S/C14H19FN2O2/c15-13-9-10(16)4-5-12(13)14(18)17-7-6-11-3-1-2-8-19-11/h4-5,9,11H,1-3,6-8,16H2,(H,17,18). The van der Waals surface area contributed by atoms with E-state index in [9.17, 15) is 9.18 Å². The summed E-state index contributed by atoms with van der Waals surface area (Å²) in [4.78, 5) is 11.8. The fourth-order valence-electron chi connectivity index (χ4n) is 2.19. The van der Waals surface area contributed by atoms with Crippen LogP contribution in [0.4, 0.5) is 10.1 Å². The van der Waals surface area contributed by atoms with Gasteiger partial charge in [0, 0.05) is 18.8 Å². The third-order valence-corrected chi connectivity index (χ3v) is 3.26. The van der Waals surface area contributed by atoms with Gasteiger partial charge < -0.3 is 15.8 Å². The summed E-state index contributed by atoms with van der Waals surface area (Å²) in [6.45, 7) is 1.29. The number of rotatable bonds is 4. The summed E-state index contributed by atoms with van der Waals surface area (Å²) in [6.07, 6.45) is 4.30. The highest BCUT2D eigenvalue weighted by Crippen LogP contribution is 2.15. The van der Waals surface area contributed by atoms with Crippen molar-refractivity contribution in [3.05, 3.63) is 29.6 Å². The van der Waals surface area contributed by atoms with E-state index < -0.39 is 11.7 Å². The second-order valence-electron chi connectivity index (χ2n) is 4.77. The van der Waals surface area contributed by atoms with Crippen LogP contribution in [-0.2, 0) is 4.74 Å². The molecule has 1 amide bonds. The molecule has 1 unspecified atom stereocenters. The van der Waals surface area contributed by atoms with Crippen molar-refractivity contribution >= 4 is 11.6 Å². The van der Waals surface area contributed by atoms with Gasteiger partial charge in [0.25, 0.3) is 5.91 Å². The summed E-state index contributed by atoms with van der Waals surface area (Å²) >= 11 is 0. The molecular weight excluding hydrogens is 247 g/mol. The summed E-state index contributed by atoms with van der Waals surface area (Å²) in [6, 6.07) is 4.07. The third-order valence-electron chi connectivity index (χ3n) is 3.26. The Balaban J connectivity index is 1.80. The Hall–Kier alpha value is -1.62. The van der Waals surface area contributed by atoms with Crippen molar-refractivity contribution in [3.63, 3.8) is 0 Å². The first-order chi connectivity index (χ1) is 9.16. The van der Waals surface area contributed by atoms with E-state index in [0.717, 1.165) is 31.9 Å². The van der Waals surface area contributed by atoms with Gasteiger partial charge in [0.2, 0.25) is 0 Å². The molecule has 1 saturated heterocycles. The number of halogens is 1. The quantitative estimate of drug-likeness (QED) is 0.820. The van der Waals surface area contributed by atoms with E-state index in [-0.39, 0.29) is 11.7 Å². The predicted molar refractivity (Wildman–Crippen MR) is 71.4 cm³/mol. The number of hydrogen-bond acceptors (Lipinski definition) is 3. The Morgan fingerprint density at radius 2 is 2.32 bits per heavy atom. The van der Waals surface area contributed by atoms with Crippen LogP contribution in [0.2, 0.25) is 0 Å². The zero-order valence-corrected chi connectivity index (χ0v) is 10.8. The lowest BCUT2D eigenvalue weighted by Gasteiger charge is -2.22. The van der Waals surface area contributed by atoms with Crippen molar-refractivity contribution in [3.8, 4) is 0 Å². The van der Waals surface area contributed by atoms with Gasteiger partial charge in [-0.1, -0.05) is 0 Å². The Labute approximate surface area is 112 Å². The number of amides is 1. The predicted octanol–water partition coefficient (Wildman–Crippen LogP) is 2.10. The van der Waals surface area contributed by atoms with Crippen molar-refractivity contribution in [1.82, 2.24) is 5.32 Å². The van der Waals surface area contributed by atoms with Crippen LogP contribution in [-0.4, -0.2) is 25.2 Å². The smallest absolute Gasteiger partial charge is 0.254 e. The monoisotopic (exact) mass is 266 g/mol. The van der Waals surface area contributed by atoms with Crippen LogP contribution in [0.5, 0.6) is 0 Å². The lowest BCUT2D eigenvalue weighted by Crippen LogP contribution is -2.29. The maximum Gasteiger partial charge on any atom is 0.254 e. The van der Waals surface area contributed by atoms with Gasteiger partial charge in [0.15, 0.2) is 0 Å². The van der Waals surface area contributed by atoms with Crippen LogP contribution in [0.3, 0.4) is 0 Å². The van der Waals surface area contributed by atoms with E-state index in [4.69, 9.17) is 10.5 Å². The van der Waals surface area contributed by atoms with Gasteiger partial charge in [-0.25, -0.2) is 4.39 Å².